The van der Waals surface area contributed by atoms with E-state index in [2.05, 4.69) is 57.2 Å². The van der Waals surface area contributed by atoms with Crippen molar-refractivity contribution in [3.05, 3.63) is 65.7 Å². The van der Waals surface area contributed by atoms with Crippen LogP contribution in [0.15, 0.2) is 54.6 Å². The van der Waals surface area contributed by atoms with Crippen LogP contribution in [0.2, 0.25) is 0 Å². The summed E-state index contributed by atoms with van der Waals surface area (Å²) in [6.07, 6.45) is 6.53. The molecule has 130 valence electrons. The molecule has 0 aromatic heterocycles. The minimum Gasteiger partial charge on any atom is -0.489 e. The molecule has 1 nitrogen and oxygen atoms in total. The second-order valence-corrected chi connectivity index (χ2v) is 7.39. The molecule has 24 heavy (non-hydrogen) atoms. The van der Waals surface area contributed by atoms with Crippen molar-refractivity contribution in [3.63, 3.8) is 0 Å². The maximum Gasteiger partial charge on any atom is 0.119 e. The number of ether oxygens (including phenoxy) is 1. The third-order valence-corrected chi connectivity index (χ3v) is 4.58. The van der Waals surface area contributed by atoms with Crippen molar-refractivity contribution >= 4 is 0 Å². The highest BCUT2D eigenvalue weighted by Crippen LogP contribution is 2.19. The fourth-order valence-electron chi connectivity index (χ4n) is 2.93. The summed E-state index contributed by atoms with van der Waals surface area (Å²) in [5.41, 5.74) is 2.62. The van der Waals surface area contributed by atoms with Gasteiger partial charge in [0.15, 0.2) is 0 Å². The Hall–Kier alpha value is -1.76. The van der Waals surface area contributed by atoms with E-state index in [0.717, 1.165) is 17.6 Å². The quantitative estimate of drug-likeness (QED) is 0.475. The lowest BCUT2D eigenvalue weighted by molar-refractivity contribution is 0.306. The number of benzene rings is 2. The summed E-state index contributed by atoms with van der Waals surface area (Å²) >= 11 is 0. The van der Waals surface area contributed by atoms with Crippen molar-refractivity contribution in [2.75, 3.05) is 0 Å². The highest BCUT2D eigenvalue weighted by atomic mass is 16.5. The van der Waals surface area contributed by atoms with E-state index in [1.54, 1.807) is 0 Å². The van der Waals surface area contributed by atoms with Crippen LogP contribution in [0.3, 0.4) is 0 Å². The molecule has 2 rings (SSSR count). The Morgan fingerprint density at radius 2 is 1.46 bits per heavy atom. The molecule has 0 aliphatic rings. The van der Waals surface area contributed by atoms with Crippen LogP contribution in [-0.2, 0) is 13.0 Å². The van der Waals surface area contributed by atoms with Gasteiger partial charge in [-0.15, -0.1) is 0 Å². The molecule has 0 saturated heterocycles. The molecule has 0 aliphatic carbocycles. The van der Waals surface area contributed by atoms with E-state index in [4.69, 9.17) is 4.74 Å². The van der Waals surface area contributed by atoms with Crippen molar-refractivity contribution in [3.8, 4) is 5.75 Å². The van der Waals surface area contributed by atoms with Gasteiger partial charge in [0.05, 0.1) is 0 Å². The second kappa shape index (κ2) is 10.2. The Kier molecular flexibility index (Phi) is 7.88. The molecule has 0 bridgehead atoms. The van der Waals surface area contributed by atoms with Crippen LogP contribution in [0.5, 0.6) is 5.75 Å². The Morgan fingerprint density at radius 1 is 0.750 bits per heavy atom. The average Bonchev–Trinajstić information content (AvgIpc) is 2.59. The van der Waals surface area contributed by atoms with Gasteiger partial charge < -0.3 is 4.74 Å². The first-order chi connectivity index (χ1) is 11.6. The minimum atomic E-state index is 0.632. The van der Waals surface area contributed by atoms with Crippen LogP contribution in [0.4, 0.5) is 0 Å². The van der Waals surface area contributed by atoms with Crippen molar-refractivity contribution in [1.82, 2.24) is 0 Å². The first kappa shape index (κ1) is 18.6. The second-order valence-electron chi connectivity index (χ2n) is 7.39. The summed E-state index contributed by atoms with van der Waals surface area (Å²) in [4.78, 5) is 0. The molecular weight excluding hydrogens is 292 g/mol. The zero-order chi connectivity index (χ0) is 17.2. The molecular formula is C23H32O. The molecule has 1 unspecified atom stereocenters. The van der Waals surface area contributed by atoms with Crippen molar-refractivity contribution in [1.29, 1.82) is 0 Å². The fraction of sp³-hybridized carbons (Fsp3) is 0.478. The van der Waals surface area contributed by atoms with E-state index in [9.17, 15) is 0 Å². The van der Waals surface area contributed by atoms with Gasteiger partial charge in [-0.2, -0.15) is 0 Å². The lowest BCUT2D eigenvalue weighted by atomic mass is 9.94. The van der Waals surface area contributed by atoms with Crippen molar-refractivity contribution in [2.45, 2.75) is 59.5 Å². The lowest BCUT2D eigenvalue weighted by Gasteiger charge is -2.12. The lowest BCUT2D eigenvalue weighted by Crippen LogP contribution is -1.99. The van der Waals surface area contributed by atoms with Crippen LogP contribution < -0.4 is 4.74 Å². The van der Waals surface area contributed by atoms with Crippen LogP contribution in [0.25, 0.3) is 0 Å². The third kappa shape index (κ3) is 7.21. The van der Waals surface area contributed by atoms with E-state index in [0.29, 0.717) is 6.61 Å². The SMILES string of the molecule is CC(C)CCCC(C)CCc1ccc(OCc2ccccc2)cc1. The molecule has 0 radical (unpaired) electrons. The zero-order valence-electron chi connectivity index (χ0n) is 15.5. The highest BCUT2D eigenvalue weighted by molar-refractivity contribution is 5.28. The molecule has 0 heterocycles. The molecule has 0 aliphatic heterocycles. The fourth-order valence-corrected chi connectivity index (χ4v) is 2.93. The largest absolute Gasteiger partial charge is 0.489 e. The van der Waals surface area contributed by atoms with Crippen LogP contribution in [0.1, 0.15) is 57.6 Å². The van der Waals surface area contributed by atoms with Gasteiger partial charge in [0.1, 0.15) is 12.4 Å². The van der Waals surface area contributed by atoms with Gasteiger partial charge >= 0.3 is 0 Å². The average molecular weight is 325 g/mol. The number of aryl methyl sites for hydroxylation is 1. The van der Waals surface area contributed by atoms with Gasteiger partial charge in [-0.25, -0.2) is 0 Å². The van der Waals surface area contributed by atoms with E-state index >= 15 is 0 Å². The molecule has 0 amide bonds. The Balaban J connectivity index is 1.69. The summed E-state index contributed by atoms with van der Waals surface area (Å²) in [5.74, 6) is 2.60. The summed E-state index contributed by atoms with van der Waals surface area (Å²) in [5, 5.41) is 0. The summed E-state index contributed by atoms with van der Waals surface area (Å²) in [7, 11) is 0. The van der Waals surface area contributed by atoms with Crippen molar-refractivity contribution < 1.29 is 4.74 Å². The van der Waals surface area contributed by atoms with Gasteiger partial charge in [0, 0.05) is 0 Å². The first-order valence-corrected chi connectivity index (χ1v) is 9.39. The molecule has 2 aromatic rings. The predicted molar refractivity (Wildman–Crippen MR) is 103 cm³/mol. The molecule has 0 N–H and O–H groups in total. The standard InChI is InChI=1S/C23H32O/c1-19(2)8-7-9-20(3)12-13-21-14-16-23(17-15-21)24-18-22-10-5-4-6-11-22/h4-6,10-11,14-17,19-20H,7-9,12-13,18H2,1-3H3. The van der Waals surface area contributed by atoms with Gasteiger partial charge in [-0.05, 0) is 47.9 Å². The topological polar surface area (TPSA) is 9.23 Å². The minimum absolute atomic E-state index is 0.632. The van der Waals surface area contributed by atoms with E-state index in [1.165, 1.54) is 43.2 Å². The van der Waals surface area contributed by atoms with Gasteiger partial charge in [0.25, 0.3) is 0 Å². The van der Waals surface area contributed by atoms with Crippen LogP contribution in [-0.4, -0.2) is 0 Å². The Bertz CT molecular complexity index is 556. The molecule has 0 spiro atoms. The molecule has 0 saturated carbocycles. The first-order valence-electron chi connectivity index (χ1n) is 9.39. The summed E-state index contributed by atoms with van der Waals surface area (Å²) in [6.45, 7) is 7.64. The van der Waals surface area contributed by atoms with Crippen molar-refractivity contribution in [2.24, 2.45) is 11.8 Å². The Morgan fingerprint density at radius 3 is 2.12 bits per heavy atom. The van der Waals surface area contributed by atoms with E-state index < -0.39 is 0 Å². The molecule has 2 aromatic carbocycles. The predicted octanol–water partition coefficient (Wildman–Crippen LogP) is 6.66. The third-order valence-electron chi connectivity index (χ3n) is 4.58. The molecule has 1 heteroatoms. The summed E-state index contributed by atoms with van der Waals surface area (Å²) in [6, 6.07) is 18.9. The maximum atomic E-state index is 5.85. The van der Waals surface area contributed by atoms with Gasteiger partial charge in [-0.1, -0.05) is 82.5 Å². The normalized spacial score (nSPS) is 12.3. The number of hydrogen-bond donors (Lipinski definition) is 0. The monoisotopic (exact) mass is 324 g/mol. The zero-order valence-corrected chi connectivity index (χ0v) is 15.5. The smallest absolute Gasteiger partial charge is 0.119 e. The number of rotatable bonds is 10. The van der Waals surface area contributed by atoms with Crippen LogP contribution >= 0.6 is 0 Å². The Labute approximate surface area is 148 Å². The van der Waals surface area contributed by atoms with Gasteiger partial charge in [-0.3, -0.25) is 0 Å². The van der Waals surface area contributed by atoms with E-state index in [1.807, 2.05) is 18.2 Å². The maximum absolute atomic E-state index is 5.85. The van der Waals surface area contributed by atoms with Gasteiger partial charge in [0.2, 0.25) is 0 Å². The number of hydrogen-bond acceptors (Lipinski definition) is 1. The van der Waals surface area contributed by atoms with Crippen LogP contribution in [0, 0.1) is 11.8 Å². The molecule has 1 atom stereocenters. The molecule has 0 fully saturated rings. The van der Waals surface area contributed by atoms with E-state index in [-0.39, 0.29) is 0 Å². The highest BCUT2D eigenvalue weighted by Gasteiger charge is 2.04. The summed E-state index contributed by atoms with van der Waals surface area (Å²) < 4.78 is 5.85.